The van der Waals surface area contributed by atoms with Crippen LogP contribution in [-0.4, -0.2) is 22.8 Å². The third-order valence-corrected chi connectivity index (χ3v) is 3.26. The van der Waals surface area contributed by atoms with Crippen LogP contribution >= 0.6 is 0 Å². The number of anilines is 1. The molecule has 1 amide bonds. The molecule has 0 fully saturated rings. The van der Waals surface area contributed by atoms with Crippen molar-refractivity contribution in [3.8, 4) is 0 Å². The molecule has 0 aromatic heterocycles. The van der Waals surface area contributed by atoms with Crippen molar-refractivity contribution >= 4 is 23.3 Å². The molecule has 0 saturated heterocycles. The van der Waals surface area contributed by atoms with E-state index in [1.807, 2.05) is 19.9 Å². The van der Waals surface area contributed by atoms with Crippen molar-refractivity contribution in [2.75, 3.05) is 5.32 Å². The Morgan fingerprint density at radius 2 is 1.48 bits per heavy atom. The molecule has 0 saturated carbocycles. The molecule has 118 valence electrons. The van der Waals surface area contributed by atoms with E-state index in [2.05, 4.69) is 5.32 Å². The van der Waals surface area contributed by atoms with Crippen LogP contribution in [0.25, 0.3) is 0 Å². The van der Waals surface area contributed by atoms with Gasteiger partial charge in [0.2, 0.25) is 0 Å². The van der Waals surface area contributed by atoms with Gasteiger partial charge in [0.1, 0.15) is 6.42 Å². The summed E-state index contributed by atoms with van der Waals surface area (Å²) < 4.78 is 0. The van der Waals surface area contributed by atoms with Crippen molar-refractivity contribution in [3.05, 3.63) is 64.7 Å². The van der Waals surface area contributed by atoms with Gasteiger partial charge in [-0.1, -0.05) is 17.2 Å². The molecule has 2 aromatic carbocycles. The van der Waals surface area contributed by atoms with Crippen molar-refractivity contribution < 1.29 is 19.5 Å². The van der Waals surface area contributed by atoms with Crippen molar-refractivity contribution in [2.24, 2.45) is 0 Å². The number of carboxylic acids is 1. The Kier molecular flexibility index (Phi) is 4.91. The van der Waals surface area contributed by atoms with Gasteiger partial charge in [-0.3, -0.25) is 14.4 Å². The van der Waals surface area contributed by atoms with Crippen molar-refractivity contribution in [3.63, 3.8) is 0 Å². The fourth-order valence-corrected chi connectivity index (χ4v) is 2.29. The monoisotopic (exact) mass is 311 g/mol. The van der Waals surface area contributed by atoms with Gasteiger partial charge in [0, 0.05) is 16.8 Å². The Labute approximate surface area is 134 Å². The number of carbonyl (C=O) groups is 3. The number of benzene rings is 2. The molecule has 5 nitrogen and oxygen atoms in total. The second kappa shape index (κ2) is 6.87. The summed E-state index contributed by atoms with van der Waals surface area (Å²) in [5, 5.41) is 11.4. The molecule has 0 radical (unpaired) electrons. The van der Waals surface area contributed by atoms with Gasteiger partial charge in [-0.15, -0.1) is 0 Å². The van der Waals surface area contributed by atoms with Crippen LogP contribution in [0.5, 0.6) is 0 Å². The van der Waals surface area contributed by atoms with Gasteiger partial charge in [0.05, 0.1) is 0 Å². The Hall–Kier alpha value is -2.95. The lowest BCUT2D eigenvalue weighted by Gasteiger charge is -2.08. The smallest absolute Gasteiger partial charge is 0.311 e. The fraction of sp³-hybridized carbons (Fsp3) is 0.167. The first kappa shape index (κ1) is 16.4. The molecule has 23 heavy (non-hydrogen) atoms. The molecule has 0 bridgehead atoms. The molecule has 0 aliphatic rings. The molecule has 5 heteroatoms. The minimum Gasteiger partial charge on any atom is -0.481 e. The van der Waals surface area contributed by atoms with Gasteiger partial charge in [-0.05, 0) is 50.2 Å². The van der Waals surface area contributed by atoms with E-state index in [4.69, 9.17) is 5.11 Å². The Bertz CT molecular complexity index is 743. The zero-order valence-corrected chi connectivity index (χ0v) is 12.9. The highest BCUT2D eigenvalue weighted by atomic mass is 16.4. The van der Waals surface area contributed by atoms with Gasteiger partial charge >= 0.3 is 5.97 Å². The van der Waals surface area contributed by atoms with Gasteiger partial charge in [0.15, 0.2) is 5.78 Å². The number of hydrogen-bond acceptors (Lipinski definition) is 3. The number of nitrogens with one attached hydrogen (secondary N) is 1. The van der Waals surface area contributed by atoms with E-state index in [0.29, 0.717) is 16.8 Å². The summed E-state index contributed by atoms with van der Waals surface area (Å²) in [6, 6.07) is 11.7. The molecule has 0 aliphatic heterocycles. The van der Waals surface area contributed by atoms with Gasteiger partial charge in [-0.2, -0.15) is 0 Å². The Morgan fingerprint density at radius 1 is 0.913 bits per heavy atom. The molecule has 0 atom stereocenters. The summed E-state index contributed by atoms with van der Waals surface area (Å²) in [5.41, 5.74) is 3.42. The van der Waals surface area contributed by atoms with Crippen LogP contribution in [0.1, 0.15) is 38.3 Å². The first-order valence-electron chi connectivity index (χ1n) is 7.10. The van der Waals surface area contributed by atoms with Crippen LogP contribution in [0.15, 0.2) is 42.5 Å². The van der Waals surface area contributed by atoms with Gasteiger partial charge in [0.25, 0.3) is 5.91 Å². The fourth-order valence-electron chi connectivity index (χ4n) is 2.29. The molecule has 0 unspecified atom stereocenters. The Balaban J connectivity index is 2.10. The number of carboxylic acid groups (broad SMARTS) is 1. The second-order valence-corrected chi connectivity index (χ2v) is 5.40. The third kappa shape index (κ3) is 4.51. The number of ketones is 1. The number of aliphatic carboxylic acids is 1. The number of Topliss-reactive ketones (excluding diaryl/α,β-unsaturated/α-hetero) is 1. The van der Waals surface area contributed by atoms with Crippen LogP contribution in [0.4, 0.5) is 5.69 Å². The summed E-state index contributed by atoms with van der Waals surface area (Å²) in [4.78, 5) is 34.4. The van der Waals surface area contributed by atoms with E-state index in [1.165, 1.54) is 12.1 Å². The largest absolute Gasteiger partial charge is 0.481 e. The van der Waals surface area contributed by atoms with E-state index >= 15 is 0 Å². The maximum absolute atomic E-state index is 12.2. The van der Waals surface area contributed by atoms with E-state index in [0.717, 1.165) is 11.1 Å². The highest BCUT2D eigenvalue weighted by Crippen LogP contribution is 2.14. The van der Waals surface area contributed by atoms with E-state index in [-0.39, 0.29) is 5.91 Å². The van der Waals surface area contributed by atoms with Crippen LogP contribution in [0.2, 0.25) is 0 Å². The molecular weight excluding hydrogens is 294 g/mol. The average molecular weight is 311 g/mol. The number of carbonyl (C=O) groups excluding carboxylic acids is 2. The molecular formula is C18H17NO4. The number of amides is 1. The molecule has 0 heterocycles. The number of aryl methyl sites for hydroxylation is 2. The summed E-state index contributed by atoms with van der Waals surface area (Å²) >= 11 is 0. The molecule has 2 N–H and O–H groups in total. The first-order chi connectivity index (χ1) is 10.8. The first-order valence-corrected chi connectivity index (χ1v) is 7.10. The highest BCUT2D eigenvalue weighted by molar-refractivity contribution is 6.07. The standard InChI is InChI=1S/C18H17NO4/c1-11-7-12(2)9-14(8-11)18(23)19-15-5-3-13(4-6-15)16(20)10-17(21)22/h3-9H,10H2,1-2H3,(H,19,23)(H,21,22). The lowest BCUT2D eigenvalue weighted by atomic mass is 10.1. The SMILES string of the molecule is Cc1cc(C)cc(C(=O)Nc2ccc(C(=O)CC(=O)O)cc2)c1. The summed E-state index contributed by atoms with van der Waals surface area (Å²) in [5.74, 6) is -1.87. The zero-order valence-electron chi connectivity index (χ0n) is 12.9. The van der Waals surface area contributed by atoms with E-state index in [9.17, 15) is 14.4 Å². The number of hydrogen-bond donors (Lipinski definition) is 2. The van der Waals surface area contributed by atoms with E-state index < -0.39 is 18.2 Å². The van der Waals surface area contributed by atoms with Crippen molar-refractivity contribution in [1.29, 1.82) is 0 Å². The van der Waals surface area contributed by atoms with Gasteiger partial charge < -0.3 is 10.4 Å². The van der Waals surface area contributed by atoms with Crippen molar-refractivity contribution in [2.45, 2.75) is 20.3 Å². The maximum atomic E-state index is 12.2. The lowest BCUT2D eigenvalue weighted by molar-refractivity contribution is -0.135. The topological polar surface area (TPSA) is 83.5 Å². The minimum absolute atomic E-state index is 0.235. The van der Waals surface area contributed by atoms with Crippen LogP contribution in [-0.2, 0) is 4.79 Å². The summed E-state index contributed by atoms with van der Waals surface area (Å²) in [7, 11) is 0. The predicted molar refractivity (Wildman–Crippen MR) is 86.9 cm³/mol. The molecule has 0 spiro atoms. The normalized spacial score (nSPS) is 10.2. The van der Waals surface area contributed by atoms with Gasteiger partial charge in [-0.25, -0.2) is 0 Å². The molecule has 2 rings (SSSR count). The lowest BCUT2D eigenvalue weighted by Crippen LogP contribution is -2.12. The van der Waals surface area contributed by atoms with E-state index in [1.54, 1.807) is 24.3 Å². The Morgan fingerprint density at radius 3 is 2.00 bits per heavy atom. The third-order valence-electron chi connectivity index (χ3n) is 3.26. The van der Waals surface area contributed by atoms with Crippen molar-refractivity contribution in [1.82, 2.24) is 0 Å². The number of rotatable bonds is 5. The van der Waals surface area contributed by atoms with Crippen LogP contribution < -0.4 is 5.32 Å². The van der Waals surface area contributed by atoms with Crippen LogP contribution in [0.3, 0.4) is 0 Å². The summed E-state index contributed by atoms with van der Waals surface area (Å²) in [6.07, 6.45) is -0.547. The quantitative estimate of drug-likeness (QED) is 0.656. The highest BCUT2D eigenvalue weighted by Gasteiger charge is 2.11. The van der Waals surface area contributed by atoms with Crippen LogP contribution in [0, 0.1) is 13.8 Å². The molecule has 0 aliphatic carbocycles. The maximum Gasteiger partial charge on any atom is 0.311 e. The summed E-state index contributed by atoms with van der Waals surface area (Å²) in [6.45, 7) is 3.85. The predicted octanol–water partition coefficient (Wildman–Crippen LogP) is 3.21. The molecule has 2 aromatic rings. The minimum atomic E-state index is -1.16. The zero-order chi connectivity index (χ0) is 17.0. The second-order valence-electron chi connectivity index (χ2n) is 5.40. The average Bonchev–Trinajstić information content (AvgIpc) is 2.46.